The smallest absolute Gasteiger partial charge is 0.0619 e. The van der Waals surface area contributed by atoms with Crippen molar-refractivity contribution in [2.45, 2.75) is 38.4 Å². The lowest BCUT2D eigenvalue weighted by Crippen LogP contribution is -2.14. The van der Waals surface area contributed by atoms with Gasteiger partial charge in [-0.2, -0.15) is 0 Å². The molecule has 0 nitrogen and oxygen atoms in total. The lowest BCUT2D eigenvalue weighted by molar-refractivity contribution is 0.660. The van der Waals surface area contributed by atoms with E-state index in [1.54, 1.807) is 12.1 Å². The minimum atomic E-state index is -3.99. The summed E-state index contributed by atoms with van der Waals surface area (Å²) >= 11 is 0. The Kier molecular flexibility index (Phi) is 5.80. The van der Waals surface area contributed by atoms with Crippen LogP contribution < -0.4 is 0 Å². The van der Waals surface area contributed by atoms with Crippen molar-refractivity contribution in [1.82, 2.24) is 0 Å². The Balaban J connectivity index is 0.000000174. The van der Waals surface area contributed by atoms with E-state index in [2.05, 4.69) is 26.0 Å². The van der Waals surface area contributed by atoms with Crippen molar-refractivity contribution < 1.29 is 71.3 Å². The van der Waals surface area contributed by atoms with Gasteiger partial charge < -0.3 is 0 Å². The third kappa shape index (κ3) is 8.47. The average molecular weight is 1390 g/mol. The van der Waals surface area contributed by atoms with E-state index in [-0.39, 0.29) is 86.9 Å². The fourth-order valence-corrected chi connectivity index (χ4v) is 15.8. The fraction of sp³-hybridized carbons (Fsp3) is 0.0566. The Morgan fingerprint density at radius 2 is 0.566 bits per heavy atom. The molecule has 492 valence electrons. The van der Waals surface area contributed by atoms with Gasteiger partial charge in [-0.15, -0.1) is 0 Å². The van der Waals surface area contributed by atoms with Crippen LogP contribution in [-0.4, -0.2) is 0 Å². The van der Waals surface area contributed by atoms with E-state index in [0.29, 0.717) is 11.1 Å². The molecule has 0 radical (unpaired) electrons. The molecule has 0 heterocycles. The maximum absolute atomic E-state index is 10.3. The molecule has 22 aromatic rings. The van der Waals surface area contributed by atoms with Crippen molar-refractivity contribution in [3.05, 3.63) is 361 Å². The van der Waals surface area contributed by atoms with Gasteiger partial charge >= 0.3 is 0 Å². The van der Waals surface area contributed by atoms with Gasteiger partial charge in [0.2, 0.25) is 0 Å². The zero-order valence-corrected chi connectivity index (χ0v) is 54.8. The van der Waals surface area contributed by atoms with Crippen LogP contribution in [-0.2, 0) is 10.8 Å². The van der Waals surface area contributed by atoms with Crippen LogP contribution in [0, 0.1) is 0 Å². The zero-order chi connectivity index (χ0) is 115. The molecule has 24 rings (SSSR count). The van der Waals surface area contributed by atoms with Crippen LogP contribution in [0.5, 0.6) is 0 Å². The van der Waals surface area contributed by atoms with Crippen LogP contribution in [0.15, 0.2) is 339 Å². The second-order valence-corrected chi connectivity index (χ2v) is 26.7. The first-order chi connectivity index (χ1) is 73.8. The summed E-state index contributed by atoms with van der Waals surface area (Å²) < 4.78 is 480. The van der Waals surface area contributed by atoms with Gasteiger partial charge in [0.1, 0.15) is 0 Å². The Bertz CT molecular complexity index is 10100. The number of hydrogen-bond acceptors (Lipinski definition) is 0. The topological polar surface area (TPSA) is 0 Å². The van der Waals surface area contributed by atoms with Crippen molar-refractivity contribution in [3.8, 4) is 89.0 Å². The van der Waals surface area contributed by atoms with Gasteiger partial charge in [-0.05, 0) is 289 Å². The highest BCUT2D eigenvalue weighted by atomic mass is 14.4. The van der Waals surface area contributed by atoms with E-state index >= 15 is 0 Å². The monoisotopic (exact) mass is 1390 g/mol. The third-order valence-electron chi connectivity index (χ3n) is 20.7. The van der Waals surface area contributed by atoms with Crippen molar-refractivity contribution in [2.75, 3.05) is 0 Å². The number of fused-ring (bicyclic) bond motifs is 6. The molecule has 0 aliphatic heterocycles. The number of hydrogen-bond donors (Lipinski definition) is 0. The predicted molar refractivity (Wildman–Crippen MR) is 455 cm³/mol. The van der Waals surface area contributed by atoms with Crippen molar-refractivity contribution in [3.63, 3.8) is 0 Å². The van der Waals surface area contributed by atoms with E-state index in [1.165, 1.54) is 6.07 Å². The number of rotatable bonds is 6. The molecule has 0 amide bonds. The second-order valence-electron chi connectivity index (χ2n) is 26.7. The van der Waals surface area contributed by atoms with Gasteiger partial charge in [-0.3, -0.25) is 0 Å². The largest absolute Gasteiger partial charge is 0.0636 e. The molecule has 0 fully saturated rings. The van der Waals surface area contributed by atoms with Crippen molar-refractivity contribution >= 4 is 129 Å². The highest BCUT2D eigenvalue weighted by Crippen LogP contribution is 2.54. The summed E-state index contributed by atoms with van der Waals surface area (Å²) in [5.41, 5.74) is -9.58. The Hall–Kier alpha value is -13.0. The van der Waals surface area contributed by atoms with Crippen LogP contribution in [0.25, 0.3) is 218 Å². The summed E-state index contributed by atoms with van der Waals surface area (Å²) in [6.07, 6.45) is 0. The highest BCUT2D eigenvalue weighted by molar-refractivity contribution is 6.30. The van der Waals surface area contributed by atoms with Gasteiger partial charge in [-0.1, -0.05) is 318 Å². The molecule has 0 bridgehead atoms. The molecule has 2 aliphatic rings. The van der Waals surface area contributed by atoms with Crippen LogP contribution in [0.2, 0.25) is 0 Å². The first kappa shape index (κ1) is 28.2. The minimum Gasteiger partial charge on any atom is -0.0619 e. The lowest BCUT2D eigenvalue weighted by Gasteiger charge is -2.22. The van der Waals surface area contributed by atoms with E-state index < -0.39 is 423 Å². The molecule has 106 heavy (non-hydrogen) atoms. The summed E-state index contributed by atoms with van der Waals surface area (Å²) in [6.45, 7) is -3.77. The van der Waals surface area contributed by atoms with Crippen LogP contribution in [0.1, 0.15) is 121 Å². The first-order valence-electron chi connectivity index (χ1n) is 59.3. The molecular weight excluding hydrogens is 1270 g/mol. The third-order valence-corrected chi connectivity index (χ3v) is 20.7. The molecule has 2 aliphatic carbocycles. The maximum Gasteiger partial charge on any atom is 0.0636 e. The maximum atomic E-state index is 10.3. The summed E-state index contributed by atoms with van der Waals surface area (Å²) in [4.78, 5) is 0. The molecular formula is C106H68. The van der Waals surface area contributed by atoms with Crippen LogP contribution in [0.3, 0.4) is 0 Å². The summed E-state index contributed by atoms with van der Waals surface area (Å²) in [5.74, 6) is 0. The van der Waals surface area contributed by atoms with E-state index in [1.807, 2.05) is 30.3 Å². The molecule has 0 atom stereocenters. The van der Waals surface area contributed by atoms with E-state index in [4.69, 9.17) is 41.1 Å². The van der Waals surface area contributed by atoms with Gasteiger partial charge in [0.15, 0.2) is 0 Å². The van der Waals surface area contributed by atoms with Crippen LogP contribution in [0.4, 0.5) is 0 Å². The lowest BCUT2D eigenvalue weighted by atomic mass is 9.81. The minimum absolute atomic E-state index is 0.0102. The molecule has 0 spiro atoms. The summed E-state index contributed by atoms with van der Waals surface area (Å²) in [7, 11) is 0. The predicted octanol–water partition coefficient (Wildman–Crippen LogP) is 29.6. The standard InChI is InChI=1S/2C53H34/c2*1-53(2)47-12-4-3-11-43(47)44-24-21-37(30-48(44)53)38-27-39(41-22-17-35-15-13-31-7-5-9-33-19-25-45(41)51(35)49(31)33)29-40(28-38)42-23-18-36-16-14-32-8-6-10-34-20-26-46(42)52(36)50(32)34/h2*3-30H,1-2H3/i1D3,2D3,3D,4D,5D,6D,7D,8D,9D,10D,11D,12D,13D,14D,15D,16D,17D,18D,19D,20D,21D,22D,23D,24D,25D,26D,27D,28D,29D,30D;5D,6D,7D,8D,9D,10D,13D,14D,15D,16D,17D,18D,19D,20D,22D,23D,25D,26D. The molecule has 0 saturated carbocycles. The molecule has 0 N–H and O–H groups in total. The van der Waals surface area contributed by atoms with Gasteiger partial charge in [0, 0.05) is 19.1 Å². The van der Waals surface area contributed by atoms with Crippen molar-refractivity contribution in [2.24, 2.45) is 0 Å². The molecule has 22 aromatic carbocycles. The second kappa shape index (κ2) is 21.8. The van der Waals surface area contributed by atoms with Crippen molar-refractivity contribution in [1.29, 1.82) is 0 Å². The molecule has 0 heteroatoms. The fourth-order valence-electron chi connectivity index (χ4n) is 15.8. The normalized spacial score (nSPS) is 20.8. The molecule has 0 unspecified atom stereocenters. The first-order valence-corrected chi connectivity index (χ1v) is 33.3. The quantitative estimate of drug-likeness (QED) is 0.146. The highest BCUT2D eigenvalue weighted by Gasteiger charge is 2.37. The van der Waals surface area contributed by atoms with Crippen LogP contribution >= 0.6 is 0 Å². The Labute approximate surface area is 687 Å². The van der Waals surface area contributed by atoms with Gasteiger partial charge in [-0.25, -0.2) is 0 Å². The van der Waals surface area contributed by atoms with Gasteiger partial charge in [0.05, 0.1) is 63.1 Å². The Morgan fingerprint density at radius 3 is 1.02 bits per heavy atom. The molecule has 0 saturated heterocycles. The summed E-state index contributed by atoms with van der Waals surface area (Å²) in [5, 5.41) is -8.31. The molecule has 0 aromatic heterocycles. The summed E-state index contributed by atoms with van der Waals surface area (Å²) in [6, 6.07) is -19.6. The zero-order valence-electron chi connectivity index (χ0n) is 107. The number of benzene rings is 22. The Morgan fingerprint density at radius 1 is 0.208 bits per heavy atom. The van der Waals surface area contributed by atoms with Gasteiger partial charge in [0.25, 0.3) is 0 Å². The van der Waals surface area contributed by atoms with E-state index in [9.17, 15) is 30.2 Å². The average Bonchev–Trinajstić information content (AvgIpc) is 1.48. The SMILES string of the molecule is [2H]c1c([2H])c([2H])c2c(c1[2H])-c1c([2H])c([2H])c(-c3c([2H])c(-c4c([2H])c([2H])c5c([2H])c([2H])c6c([2H])c([2H])c([2H])c7c([2H])c([2H])c4c5c67)c([2H])c(-c4c([2H])c([2H])c5c([2H])c([2H])c6c([2H])c([2H])c([2H])c7c([2H])c([2H])c4c5c67)c3[2H])c([2H])c1C2(C([2H])([2H])[2H])C([2H])([2H])[2H].[2H]c1c([2H])c2c([2H])c([2H])c3c([2H])c([2H])c(-c4cc(-c5ccc6c(c5)C(C)(C)c5ccccc5-6)cc(-c5c([2H])c([2H])c6c([2H])c([2H])c7c([2H])c([2H])c([2H])c8c([2H])c([2H])c5c6c78)c4)c4c([2H])c([2H])c(c1[2H])c2c34. The van der Waals surface area contributed by atoms with E-state index in [0.717, 1.165) is 22.3 Å².